The van der Waals surface area contributed by atoms with Crippen molar-refractivity contribution in [3.63, 3.8) is 0 Å². The van der Waals surface area contributed by atoms with Gasteiger partial charge in [0.1, 0.15) is 5.69 Å². The molecule has 2 N–H and O–H groups in total. The first-order valence-electron chi connectivity index (χ1n) is 5.10. The van der Waals surface area contributed by atoms with E-state index in [9.17, 15) is 0 Å². The summed E-state index contributed by atoms with van der Waals surface area (Å²) in [5.41, 5.74) is 3.42. The molecule has 0 atom stereocenters. The molecule has 2 aromatic rings. The second kappa shape index (κ2) is 3.47. The molecule has 1 fully saturated rings. The molecule has 0 spiro atoms. The van der Waals surface area contributed by atoms with E-state index in [2.05, 4.69) is 45.0 Å². The lowest BCUT2D eigenvalue weighted by Gasteiger charge is -2.27. The zero-order valence-corrected chi connectivity index (χ0v) is 8.27. The van der Waals surface area contributed by atoms with Crippen LogP contribution in [0.4, 0.5) is 0 Å². The topological polar surface area (TPSA) is 53.6 Å². The summed E-state index contributed by atoms with van der Waals surface area (Å²) in [5.74, 6) is 0.664. The number of aromatic amines is 1. The van der Waals surface area contributed by atoms with E-state index in [4.69, 9.17) is 0 Å². The van der Waals surface area contributed by atoms with Crippen LogP contribution in [-0.4, -0.2) is 28.5 Å². The molecule has 1 aliphatic heterocycles. The number of rotatable bonds is 2. The molecule has 1 aliphatic rings. The van der Waals surface area contributed by atoms with E-state index >= 15 is 0 Å². The standard InChI is InChI=1S/C11H12N4/c1-2-8(10-5-12-6-10)4-9(3-1)11-7-13-15-14-11/h1-4,7,10,12H,5-6H2,(H,13,14,15). The normalized spacial score (nSPS) is 16.3. The van der Waals surface area contributed by atoms with Gasteiger partial charge in [0.05, 0.1) is 6.20 Å². The summed E-state index contributed by atoms with van der Waals surface area (Å²) < 4.78 is 0. The van der Waals surface area contributed by atoms with Crippen LogP contribution in [0.3, 0.4) is 0 Å². The minimum absolute atomic E-state index is 0.664. The van der Waals surface area contributed by atoms with Crippen LogP contribution >= 0.6 is 0 Å². The first kappa shape index (κ1) is 8.61. The van der Waals surface area contributed by atoms with Crippen LogP contribution in [0.1, 0.15) is 11.5 Å². The number of H-pyrrole nitrogens is 1. The molecular weight excluding hydrogens is 188 g/mol. The summed E-state index contributed by atoms with van der Waals surface area (Å²) in [6, 6.07) is 8.52. The van der Waals surface area contributed by atoms with Gasteiger partial charge in [0.25, 0.3) is 0 Å². The number of nitrogens with zero attached hydrogens (tertiary/aromatic N) is 2. The molecule has 4 nitrogen and oxygen atoms in total. The van der Waals surface area contributed by atoms with Crippen LogP contribution in [-0.2, 0) is 0 Å². The maximum absolute atomic E-state index is 4.08. The van der Waals surface area contributed by atoms with Crippen LogP contribution in [0.2, 0.25) is 0 Å². The van der Waals surface area contributed by atoms with E-state index in [0.717, 1.165) is 24.3 Å². The lowest BCUT2D eigenvalue weighted by Crippen LogP contribution is -2.39. The van der Waals surface area contributed by atoms with Crippen molar-refractivity contribution in [3.8, 4) is 11.3 Å². The smallest absolute Gasteiger partial charge is 0.112 e. The Morgan fingerprint density at radius 2 is 2.20 bits per heavy atom. The molecule has 4 heteroatoms. The molecule has 1 aromatic carbocycles. The largest absolute Gasteiger partial charge is 0.315 e. The summed E-state index contributed by atoms with van der Waals surface area (Å²) >= 11 is 0. The fourth-order valence-electron chi connectivity index (χ4n) is 1.82. The van der Waals surface area contributed by atoms with Gasteiger partial charge in [-0.25, -0.2) is 0 Å². The van der Waals surface area contributed by atoms with Crippen molar-refractivity contribution in [2.24, 2.45) is 0 Å². The summed E-state index contributed by atoms with van der Waals surface area (Å²) in [6.07, 6.45) is 1.75. The van der Waals surface area contributed by atoms with Gasteiger partial charge in [-0.3, -0.25) is 0 Å². The monoisotopic (exact) mass is 200 g/mol. The van der Waals surface area contributed by atoms with Crippen LogP contribution in [0.15, 0.2) is 30.5 Å². The van der Waals surface area contributed by atoms with Crippen molar-refractivity contribution in [3.05, 3.63) is 36.0 Å². The van der Waals surface area contributed by atoms with E-state index < -0.39 is 0 Å². The molecule has 0 bridgehead atoms. The van der Waals surface area contributed by atoms with Gasteiger partial charge in [-0.15, -0.1) is 0 Å². The van der Waals surface area contributed by atoms with Gasteiger partial charge in [0.2, 0.25) is 0 Å². The Hall–Kier alpha value is -1.68. The number of hydrogen-bond acceptors (Lipinski definition) is 3. The second-order valence-electron chi connectivity index (χ2n) is 3.84. The average Bonchev–Trinajstić information content (AvgIpc) is 2.68. The number of hydrogen-bond donors (Lipinski definition) is 2. The summed E-state index contributed by atoms with van der Waals surface area (Å²) in [5, 5.41) is 13.8. The zero-order chi connectivity index (χ0) is 10.1. The predicted octanol–water partition coefficient (Wildman–Crippen LogP) is 1.16. The highest BCUT2D eigenvalue weighted by Crippen LogP contribution is 2.24. The van der Waals surface area contributed by atoms with Crippen molar-refractivity contribution < 1.29 is 0 Å². The number of nitrogens with one attached hydrogen (secondary N) is 2. The van der Waals surface area contributed by atoms with Gasteiger partial charge >= 0.3 is 0 Å². The van der Waals surface area contributed by atoms with Crippen molar-refractivity contribution in [2.75, 3.05) is 13.1 Å². The average molecular weight is 200 g/mol. The van der Waals surface area contributed by atoms with E-state index in [1.54, 1.807) is 6.20 Å². The Bertz CT molecular complexity index is 445. The lowest BCUT2D eigenvalue weighted by molar-refractivity contribution is 0.448. The van der Waals surface area contributed by atoms with Crippen LogP contribution in [0, 0.1) is 0 Å². The summed E-state index contributed by atoms with van der Waals surface area (Å²) in [7, 11) is 0. The number of aromatic nitrogens is 3. The first-order chi connectivity index (χ1) is 7.43. The molecular formula is C11H12N4. The fourth-order valence-corrected chi connectivity index (χ4v) is 1.82. The molecule has 0 aliphatic carbocycles. The molecule has 3 rings (SSSR count). The Balaban J connectivity index is 1.95. The van der Waals surface area contributed by atoms with Crippen LogP contribution < -0.4 is 5.32 Å². The Morgan fingerprint density at radius 3 is 2.87 bits per heavy atom. The van der Waals surface area contributed by atoms with Gasteiger partial charge in [-0.2, -0.15) is 15.4 Å². The SMILES string of the molecule is c1cc(-c2cn[nH]n2)cc(C2CNC2)c1. The molecule has 1 aromatic heterocycles. The predicted molar refractivity (Wildman–Crippen MR) is 57.4 cm³/mol. The highest BCUT2D eigenvalue weighted by atomic mass is 15.3. The van der Waals surface area contributed by atoms with Crippen molar-refractivity contribution in [2.45, 2.75) is 5.92 Å². The van der Waals surface area contributed by atoms with Crippen LogP contribution in [0.25, 0.3) is 11.3 Å². The van der Waals surface area contributed by atoms with E-state index in [-0.39, 0.29) is 0 Å². The lowest BCUT2D eigenvalue weighted by atomic mass is 9.92. The van der Waals surface area contributed by atoms with Crippen molar-refractivity contribution in [1.82, 2.24) is 20.7 Å². The Kier molecular flexibility index (Phi) is 1.99. The molecule has 0 unspecified atom stereocenters. The zero-order valence-electron chi connectivity index (χ0n) is 8.27. The molecule has 15 heavy (non-hydrogen) atoms. The first-order valence-corrected chi connectivity index (χ1v) is 5.10. The summed E-state index contributed by atoms with van der Waals surface area (Å²) in [4.78, 5) is 0. The van der Waals surface area contributed by atoms with Crippen LogP contribution in [0.5, 0.6) is 0 Å². The van der Waals surface area contributed by atoms with Crippen molar-refractivity contribution in [1.29, 1.82) is 0 Å². The minimum Gasteiger partial charge on any atom is -0.315 e. The second-order valence-corrected chi connectivity index (χ2v) is 3.84. The van der Waals surface area contributed by atoms with E-state index in [1.807, 2.05) is 0 Å². The van der Waals surface area contributed by atoms with Gasteiger partial charge in [0.15, 0.2) is 0 Å². The van der Waals surface area contributed by atoms with Gasteiger partial charge in [0, 0.05) is 24.6 Å². The third-order valence-electron chi connectivity index (χ3n) is 2.85. The highest BCUT2D eigenvalue weighted by Gasteiger charge is 2.18. The Labute approximate surface area is 87.7 Å². The van der Waals surface area contributed by atoms with Crippen molar-refractivity contribution >= 4 is 0 Å². The maximum Gasteiger partial charge on any atom is 0.112 e. The third-order valence-corrected chi connectivity index (χ3v) is 2.85. The molecule has 1 saturated heterocycles. The highest BCUT2D eigenvalue weighted by molar-refractivity contribution is 5.58. The molecule has 2 heterocycles. The summed E-state index contributed by atoms with van der Waals surface area (Å²) in [6.45, 7) is 2.17. The molecule has 0 saturated carbocycles. The third kappa shape index (κ3) is 1.53. The number of benzene rings is 1. The Morgan fingerprint density at radius 1 is 1.27 bits per heavy atom. The minimum atomic E-state index is 0.664. The van der Waals surface area contributed by atoms with Gasteiger partial charge in [-0.1, -0.05) is 18.2 Å². The molecule has 0 radical (unpaired) electrons. The van der Waals surface area contributed by atoms with Gasteiger partial charge < -0.3 is 5.32 Å². The van der Waals surface area contributed by atoms with Gasteiger partial charge in [-0.05, 0) is 11.6 Å². The van der Waals surface area contributed by atoms with E-state index in [1.165, 1.54) is 5.56 Å². The molecule has 76 valence electrons. The molecule has 0 amide bonds. The maximum atomic E-state index is 4.08. The fraction of sp³-hybridized carbons (Fsp3) is 0.273. The van der Waals surface area contributed by atoms with E-state index in [0.29, 0.717) is 5.92 Å². The quantitative estimate of drug-likeness (QED) is 0.764.